The Bertz CT molecular complexity index is 726. The predicted octanol–water partition coefficient (Wildman–Crippen LogP) is 3.54. The van der Waals surface area contributed by atoms with Gasteiger partial charge in [-0.1, -0.05) is 49.6 Å². The van der Waals surface area contributed by atoms with Crippen molar-refractivity contribution in [3.8, 4) is 5.75 Å². The van der Waals surface area contributed by atoms with Crippen molar-refractivity contribution >= 4 is 34.0 Å². The lowest BCUT2D eigenvalue weighted by molar-refractivity contribution is -0.121. The van der Waals surface area contributed by atoms with E-state index >= 15 is 0 Å². The fourth-order valence-electron chi connectivity index (χ4n) is 3.04. The predicted molar refractivity (Wildman–Crippen MR) is 100 cm³/mol. The monoisotopic (exact) mass is 342 g/mol. The molecule has 24 heavy (non-hydrogen) atoms. The molecular formula is C19H22N2O2S. The molecule has 0 aromatic heterocycles. The molecule has 2 aromatic carbocycles. The summed E-state index contributed by atoms with van der Waals surface area (Å²) in [4.78, 5) is 12.0. The number of ether oxygens (including phenoxy) is 1. The van der Waals surface area contributed by atoms with Crippen LogP contribution >= 0.6 is 12.2 Å². The average Bonchev–Trinajstić information content (AvgIpc) is 2.60. The van der Waals surface area contributed by atoms with Crippen LogP contribution in [0.4, 0.5) is 0 Å². The van der Waals surface area contributed by atoms with Crippen molar-refractivity contribution in [1.29, 1.82) is 0 Å². The van der Waals surface area contributed by atoms with Gasteiger partial charge in [-0.05, 0) is 48.0 Å². The first kappa shape index (κ1) is 16.7. The van der Waals surface area contributed by atoms with Gasteiger partial charge in [0.05, 0.1) is 0 Å². The molecule has 0 radical (unpaired) electrons. The van der Waals surface area contributed by atoms with Gasteiger partial charge in [-0.3, -0.25) is 4.79 Å². The van der Waals surface area contributed by atoms with Crippen LogP contribution in [0.3, 0.4) is 0 Å². The van der Waals surface area contributed by atoms with Crippen LogP contribution in [0.25, 0.3) is 10.8 Å². The minimum Gasteiger partial charge on any atom is -0.484 e. The Kier molecular flexibility index (Phi) is 5.64. The third kappa shape index (κ3) is 4.68. The Balaban J connectivity index is 1.46. The summed E-state index contributed by atoms with van der Waals surface area (Å²) < 4.78 is 5.57. The molecule has 4 nitrogen and oxygen atoms in total. The Morgan fingerprint density at radius 3 is 2.62 bits per heavy atom. The molecule has 0 aliphatic heterocycles. The number of hydrogen-bond acceptors (Lipinski definition) is 3. The maximum atomic E-state index is 12.0. The molecule has 126 valence electrons. The van der Waals surface area contributed by atoms with Gasteiger partial charge in [-0.15, -0.1) is 0 Å². The molecule has 0 heterocycles. The van der Waals surface area contributed by atoms with Crippen LogP contribution in [0.15, 0.2) is 42.5 Å². The molecule has 0 unspecified atom stereocenters. The lowest BCUT2D eigenvalue weighted by Gasteiger charge is -2.24. The summed E-state index contributed by atoms with van der Waals surface area (Å²) in [6, 6.07) is 14.2. The first-order valence-electron chi connectivity index (χ1n) is 8.43. The average molecular weight is 342 g/mol. The van der Waals surface area contributed by atoms with E-state index in [9.17, 15) is 4.79 Å². The van der Waals surface area contributed by atoms with Crippen molar-refractivity contribution in [2.24, 2.45) is 0 Å². The molecule has 0 saturated heterocycles. The summed E-state index contributed by atoms with van der Waals surface area (Å²) in [6.45, 7) is -0.0508. The second kappa shape index (κ2) is 8.11. The highest BCUT2D eigenvalue weighted by atomic mass is 32.1. The number of hydrogen-bond donors (Lipinski definition) is 2. The van der Waals surface area contributed by atoms with Gasteiger partial charge in [0.2, 0.25) is 0 Å². The van der Waals surface area contributed by atoms with Crippen molar-refractivity contribution in [3.63, 3.8) is 0 Å². The fraction of sp³-hybridized carbons (Fsp3) is 0.368. The van der Waals surface area contributed by atoms with E-state index in [1.165, 1.54) is 19.3 Å². The van der Waals surface area contributed by atoms with Gasteiger partial charge in [0.15, 0.2) is 11.7 Å². The van der Waals surface area contributed by atoms with Gasteiger partial charge in [-0.25, -0.2) is 0 Å². The molecule has 0 spiro atoms. The van der Waals surface area contributed by atoms with Gasteiger partial charge in [0.25, 0.3) is 5.91 Å². The van der Waals surface area contributed by atoms with Crippen molar-refractivity contribution in [2.75, 3.05) is 6.61 Å². The van der Waals surface area contributed by atoms with Gasteiger partial charge in [-0.2, -0.15) is 0 Å². The standard InChI is InChI=1S/C19H22N2O2S/c22-18(21-19(24)20-16-8-2-1-3-9-16)13-23-17-11-10-14-6-4-5-7-15(14)12-17/h4-7,10-12,16H,1-3,8-9,13H2,(H2,20,21,22,24). The topological polar surface area (TPSA) is 50.4 Å². The van der Waals surface area contributed by atoms with Crippen LogP contribution in [0.2, 0.25) is 0 Å². The molecular weight excluding hydrogens is 320 g/mol. The molecule has 0 bridgehead atoms. The molecule has 1 aliphatic rings. The van der Waals surface area contributed by atoms with Crippen molar-refractivity contribution < 1.29 is 9.53 Å². The molecule has 2 N–H and O–H groups in total. The zero-order valence-electron chi connectivity index (χ0n) is 13.6. The zero-order chi connectivity index (χ0) is 16.8. The van der Waals surface area contributed by atoms with Gasteiger partial charge >= 0.3 is 0 Å². The van der Waals surface area contributed by atoms with E-state index in [1.54, 1.807) is 0 Å². The number of carbonyl (C=O) groups is 1. The number of nitrogens with one attached hydrogen (secondary N) is 2. The summed E-state index contributed by atoms with van der Waals surface area (Å²) >= 11 is 5.21. The van der Waals surface area contributed by atoms with E-state index in [1.807, 2.05) is 42.5 Å². The quantitative estimate of drug-likeness (QED) is 0.835. The van der Waals surface area contributed by atoms with Crippen LogP contribution in [-0.2, 0) is 4.79 Å². The molecule has 1 saturated carbocycles. The molecule has 1 fully saturated rings. The number of amides is 1. The van der Waals surface area contributed by atoms with Crippen LogP contribution in [0.1, 0.15) is 32.1 Å². The highest BCUT2D eigenvalue weighted by molar-refractivity contribution is 7.80. The van der Waals surface area contributed by atoms with Crippen molar-refractivity contribution in [1.82, 2.24) is 10.6 Å². The van der Waals surface area contributed by atoms with Crippen LogP contribution in [0.5, 0.6) is 5.75 Å². The van der Waals surface area contributed by atoms with Crippen molar-refractivity contribution in [2.45, 2.75) is 38.1 Å². The fourth-order valence-corrected chi connectivity index (χ4v) is 3.32. The van der Waals surface area contributed by atoms with E-state index in [0.29, 0.717) is 16.9 Å². The van der Waals surface area contributed by atoms with Gasteiger partial charge in [0, 0.05) is 6.04 Å². The number of thiocarbonyl (C=S) groups is 1. The normalized spacial score (nSPS) is 15.0. The summed E-state index contributed by atoms with van der Waals surface area (Å²) in [6.07, 6.45) is 5.96. The maximum absolute atomic E-state index is 12.0. The third-order valence-corrected chi connectivity index (χ3v) is 4.50. The van der Waals surface area contributed by atoms with Crippen LogP contribution in [-0.4, -0.2) is 23.7 Å². The molecule has 1 aliphatic carbocycles. The summed E-state index contributed by atoms with van der Waals surface area (Å²) in [5.41, 5.74) is 0. The largest absolute Gasteiger partial charge is 0.484 e. The molecule has 0 atom stereocenters. The SMILES string of the molecule is O=C(COc1ccc2ccccc2c1)NC(=S)NC1CCCCC1. The molecule has 2 aromatic rings. The van der Waals surface area contributed by atoms with Crippen LogP contribution < -0.4 is 15.4 Å². The second-order valence-corrected chi connectivity index (χ2v) is 6.56. The lowest BCUT2D eigenvalue weighted by Crippen LogP contribution is -2.46. The first-order chi connectivity index (χ1) is 11.7. The summed E-state index contributed by atoms with van der Waals surface area (Å²) in [5.74, 6) is 0.437. The highest BCUT2D eigenvalue weighted by Crippen LogP contribution is 2.20. The minimum absolute atomic E-state index is 0.0508. The van der Waals surface area contributed by atoms with Crippen LogP contribution in [0, 0.1) is 0 Å². The zero-order valence-corrected chi connectivity index (χ0v) is 14.4. The Morgan fingerprint density at radius 1 is 1.08 bits per heavy atom. The molecule has 5 heteroatoms. The van der Waals surface area contributed by atoms with E-state index in [-0.39, 0.29) is 12.5 Å². The Morgan fingerprint density at radius 2 is 1.83 bits per heavy atom. The van der Waals surface area contributed by atoms with Gasteiger partial charge in [0.1, 0.15) is 5.75 Å². The highest BCUT2D eigenvalue weighted by Gasteiger charge is 2.15. The Labute approximate surface area is 147 Å². The minimum atomic E-state index is -0.239. The number of benzene rings is 2. The Hall–Kier alpha value is -2.14. The smallest absolute Gasteiger partial charge is 0.264 e. The molecule has 3 rings (SSSR count). The lowest BCUT2D eigenvalue weighted by atomic mass is 9.96. The number of carbonyl (C=O) groups excluding carboxylic acids is 1. The van der Waals surface area contributed by atoms with E-state index in [2.05, 4.69) is 10.6 Å². The van der Waals surface area contributed by atoms with E-state index in [4.69, 9.17) is 17.0 Å². The number of fused-ring (bicyclic) bond motifs is 1. The van der Waals surface area contributed by atoms with E-state index < -0.39 is 0 Å². The number of rotatable bonds is 4. The van der Waals surface area contributed by atoms with E-state index in [0.717, 1.165) is 23.6 Å². The molecule has 1 amide bonds. The third-order valence-electron chi connectivity index (χ3n) is 4.28. The summed E-state index contributed by atoms with van der Waals surface area (Å²) in [5, 5.41) is 8.54. The second-order valence-electron chi connectivity index (χ2n) is 6.15. The maximum Gasteiger partial charge on any atom is 0.264 e. The first-order valence-corrected chi connectivity index (χ1v) is 8.83. The van der Waals surface area contributed by atoms with Gasteiger partial charge < -0.3 is 15.4 Å². The van der Waals surface area contributed by atoms with Crippen molar-refractivity contribution in [3.05, 3.63) is 42.5 Å². The summed E-state index contributed by atoms with van der Waals surface area (Å²) in [7, 11) is 0.